The van der Waals surface area contributed by atoms with Gasteiger partial charge in [-0.1, -0.05) is 5.16 Å². The predicted molar refractivity (Wildman–Crippen MR) is 98.6 cm³/mol. The van der Waals surface area contributed by atoms with E-state index in [1.807, 2.05) is 0 Å². The summed E-state index contributed by atoms with van der Waals surface area (Å²) in [4.78, 5) is 8.05. The summed E-state index contributed by atoms with van der Waals surface area (Å²) in [5, 5.41) is 6.47. The minimum absolute atomic E-state index is 0.00484. The van der Waals surface area contributed by atoms with Gasteiger partial charge in [-0.2, -0.15) is 40.1 Å². The van der Waals surface area contributed by atoms with Gasteiger partial charge in [0.2, 0.25) is 5.82 Å². The minimum Gasteiger partial charge on any atom is -0.483 e. The summed E-state index contributed by atoms with van der Waals surface area (Å²) in [6.07, 6.45) is -12.6. The van der Waals surface area contributed by atoms with Crippen molar-refractivity contribution in [3.05, 3.63) is 42.1 Å². The van der Waals surface area contributed by atoms with Crippen LogP contribution in [-0.4, -0.2) is 40.4 Å². The third-order valence-electron chi connectivity index (χ3n) is 4.44. The van der Waals surface area contributed by atoms with E-state index in [1.165, 1.54) is 6.20 Å². The fourth-order valence-corrected chi connectivity index (χ4v) is 2.72. The van der Waals surface area contributed by atoms with Gasteiger partial charge in [0, 0.05) is 18.8 Å². The van der Waals surface area contributed by atoms with Crippen molar-refractivity contribution in [3.8, 4) is 28.6 Å². The highest BCUT2D eigenvalue weighted by atomic mass is 19.4. The van der Waals surface area contributed by atoms with Gasteiger partial charge in [0.25, 0.3) is 5.89 Å². The summed E-state index contributed by atoms with van der Waals surface area (Å²) in [5.74, 6) is -6.60. The van der Waals surface area contributed by atoms with Gasteiger partial charge in [-0.3, -0.25) is 0 Å². The van der Waals surface area contributed by atoms with Crippen molar-refractivity contribution in [3.63, 3.8) is 0 Å². The van der Waals surface area contributed by atoms with Crippen LogP contribution in [0, 0.1) is 0 Å². The van der Waals surface area contributed by atoms with E-state index in [-0.39, 0.29) is 17.3 Å². The third kappa shape index (κ3) is 4.83. The maximum Gasteiger partial charge on any atom is 0.457 e. The van der Waals surface area contributed by atoms with Crippen molar-refractivity contribution in [2.75, 3.05) is 12.4 Å². The van der Waals surface area contributed by atoms with E-state index in [2.05, 4.69) is 25.2 Å². The van der Waals surface area contributed by atoms with E-state index in [1.54, 1.807) is 19.2 Å². The van der Waals surface area contributed by atoms with Crippen molar-refractivity contribution < 1.29 is 44.4 Å². The highest BCUT2D eigenvalue weighted by Gasteiger charge is 2.62. The summed E-state index contributed by atoms with van der Waals surface area (Å²) in [5.41, 5.74) is -1.48. The molecule has 0 spiro atoms. The molecule has 0 aliphatic heterocycles. The number of pyridine rings is 1. The number of nitrogens with one attached hydrogen (secondary N) is 1. The molecule has 0 bridgehead atoms. The van der Waals surface area contributed by atoms with Gasteiger partial charge in [0.1, 0.15) is 11.6 Å². The van der Waals surface area contributed by atoms with E-state index in [4.69, 9.17) is 4.52 Å². The van der Waals surface area contributed by atoms with Crippen LogP contribution < -0.4 is 10.1 Å². The molecule has 1 unspecified atom stereocenters. The number of alkyl halides is 8. The summed E-state index contributed by atoms with van der Waals surface area (Å²) >= 11 is 0. The van der Waals surface area contributed by atoms with Crippen LogP contribution in [0.4, 0.5) is 40.9 Å². The summed E-state index contributed by atoms with van der Waals surface area (Å²) in [7, 11) is 1.57. The molecule has 0 saturated heterocycles. The van der Waals surface area contributed by atoms with Gasteiger partial charge in [0.15, 0.2) is 6.10 Å². The van der Waals surface area contributed by atoms with E-state index in [0.717, 1.165) is 6.07 Å². The maximum absolute atomic E-state index is 13.5. The lowest BCUT2D eigenvalue weighted by Crippen LogP contribution is -2.48. The van der Waals surface area contributed by atoms with Crippen LogP contribution >= 0.6 is 0 Å². The normalized spacial score (nSPS) is 13.6. The molecule has 6 nitrogen and oxygen atoms in total. The van der Waals surface area contributed by atoms with E-state index < -0.39 is 35.7 Å². The van der Waals surface area contributed by atoms with Gasteiger partial charge >= 0.3 is 18.3 Å². The topological polar surface area (TPSA) is 73.1 Å². The molecule has 0 radical (unpaired) electrons. The molecular formula is C19H14F8N4O2. The number of aromatic nitrogens is 3. The van der Waals surface area contributed by atoms with Gasteiger partial charge in [-0.15, -0.1) is 0 Å². The Hall–Kier alpha value is -3.45. The van der Waals surface area contributed by atoms with E-state index in [9.17, 15) is 35.1 Å². The van der Waals surface area contributed by atoms with Crippen LogP contribution in [0.3, 0.4) is 0 Å². The summed E-state index contributed by atoms with van der Waals surface area (Å²) in [6.45, 7) is 0.319. The first-order chi connectivity index (χ1) is 15.3. The van der Waals surface area contributed by atoms with E-state index >= 15 is 0 Å². The number of hydrogen-bond acceptors (Lipinski definition) is 6. The molecule has 1 atom stereocenters. The standard InChI is InChI=1S/C19H14F8N4O2/c1-9(17(20,21)19(25,26)27)32-13-6-5-10(8-12(13)18(22,23)24)16-30-15(31-33-16)11-4-3-7-29-14(11)28-2/h3-9H,1-2H3,(H,28,29). The first-order valence-corrected chi connectivity index (χ1v) is 9.05. The SMILES string of the molecule is CNc1ncccc1-c1noc(-c2ccc(OC(C)C(F)(F)C(F)(F)F)c(C(F)(F)F)c2)n1. The molecule has 1 aromatic carbocycles. The molecule has 0 fully saturated rings. The summed E-state index contributed by atoms with van der Waals surface area (Å²) < 4.78 is 114. The molecule has 178 valence electrons. The molecule has 0 saturated carbocycles. The molecule has 2 aromatic heterocycles. The second-order valence-corrected chi connectivity index (χ2v) is 6.66. The van der Waals surface area contributed by atoms with Crippen LogP contribution in [0.5, 0.6) is 5.75 Å². The number of anilines is 1. The lowest BCUT2D eigenvalue weighted by molar-refractivity contribution is -0.306. The van der Waals surface area contributed by atoms with Crippen molar-refractivity contribution in [1.29, 1.82) is 0 Å². The Morgan fingerprint density at radius 2 is 1.73 bits per heavy atom. The molecule has 2 heterocycles. The molecule has 3 aromatic rings. The lowest BCUT2D eigenvalue weighted by Gasteiger charge is -2.27. The molecule has 33 heavy (non-hydrogen) atoms. The van der Waals surface area contributed by atoms with Crippen molar-refractivity contribution in [2.45, 2.75) is 31.3 Å². The monoisotopic (exact) mass is 482 g/mol. The zero-order chi connectivity index (χ0) is 24.6. The Kier molecular flexibility index (Phi) is 6.22. The van der Waals surface area contributed by atoms with Crippen LogP contribution in [0.15, 0.2) is 41.1 Å². The second-order valence-electron chi connectivity index (χ2n) is 6.66. The predicted octanol–water partition coefficient (Wildman–Crippen LogP) is 5.82. The highest BCUT2D eigenvalue weighted by Crippen LogP contribution is 2.43. The molecule has 0 aliphatic rings. The summed E-state index contributed by atoms with van der Waals surface area (Å²) in [6, 6.07) is 5.16. The Morgan fingerprint density at radius 1 is 1.03 bits per heavy atom. The number of halogens is 8. The quantitative estimate of drug-likeness (QED) is 0.446. The van der Waals surface area contributed by atoms with Crippen LogP contribution in [0.1, 0.15) is 12.5 Å². The minimum atomic E-state index is -6.01. The zero-order valence-electron chi connectivity index (χ0n) is 16.7. The number of benzene rings is 1. The van der Waals surface area contributed by atoms with Crippen molar-refractivity contribution in [2.24, 2.45) is 0 Å². The Morgan fingerprint density at radius 3 is 2.33 bits per heavy atom. The first-order valence-electron chi connectivity index (χ1n) is 9.05. The molecule has 0 aliphatic carbocycles. The fourth-order valence-electron chi connectivity index (χ4n) is 2.72. The number of hydrogen-bond donors (Lipinski definition) is 1. The smallest absolute Gasteiger partial charge is 0.457 e. The first kappa shape index (κ1) is 24.2. The second kappa shape index (κ2) is 8.48. The van der Waals surface area contributed by atoms with Gasteiger partial charge in [-0.25, -0.2) is 4.98 Å². The van der Waals surface area contributed by atoms with E-state index in [0.29, 0.717) is 30.4 Å². The van der Waals surface area contributed by atoms with Crippen LogP contribution in [0.2, 0.25) is 0 Å². The van der Waals surface area contributed by atoms with Crippen LogP contribution in [-0.2, 0) is 6.18 Å². The maximum atomic E-state index is 13.5. The Labute approximate surface area is 180 Å². The van der Waals surface area contributed by atoms with Gasteiger partial charge in [0.05, 0.1) is 11.1 Å². The number of ether oxygens (including phenoxy) is 1. The zero-order valence-corrected chi connectivity index (χ0v) is 16.7. The molecule has 3 rings (SSSR count). The lowest BCUT2D eigenvalue weighted by atomic mass is 10.1. The molecule has 14 heteroatoms. The molecule has 1 N–H and O–H groups in total. The number of rotatable bonds is 6. The molecule has 0 amide bonds. The van der Waals surface area contributed by atoms with Crippen LogP contribution in [0.25, 0.3) is 22.8 Å². The Balaban J connectivity index is 1.98. The average Bonchev–Trinajstić information content (AvgIpc) is 3.22. The third-order valence-corrected chi connectivity index (χ3v) is 4.44. The fraction of sp³-hybridized carbons (Fsp3) is 0.316. The van der Waals surface area contributed by atoms with Gasteiger partial charge < -0.3 is 14.6 Å². The largest absolute Gasteiger partial charge is 0.483 e. The average molecular weight is 482 g/mol. The number of nitrogens with zero attached hydrogens (tertiary/aromatic N) is 3. The Bertz CT molecular complexity index is 1130. The van der Waals surface area contributed by atoms with Gasteiger partial charge in [-0.05, 0) is 37.3 Å². The van der Waals surface area contributed by atoms with Crippen molar-refractivity contribution in [1.82, 2.24) is 15.1 Å². The van der Waals surface area contributed by atoms with Crippen molar-refractivity contribution >= 4 is 5.82 Å². The highest BCUT2D eigenvalue weighted by molar-refractivity contribution is 5.70. The molecular weight excluding hydrogens is 468 g/mol.